The summed E-state index contributed by atoms with van der Waals surface area (Å²) in [5.41, 5.74) is 0.497. The van der Waals surface area contributed by atoms with Crippen molar-refractivity contribution in [2.75, 3.05) is 14.1 Å². The van der Waals surface area contributed by atoms with Crippen LogP contribution in [-0.4, -0.2) is 47.8 Å². The number of carbonyl (C=O) groups excluding carboxylic acids is 3. The number of amides is 4. The predicted octanol–water partition coefficient (Wildman–Crippen LogP) is 3.84. The molecule has 33 heavy (non-hydrogen) atoms. The molecular formula is C26H27FN2O4. The van der Waals surface area contributed by atoms with Crippen molar-refractivity contribution in [3.8, 4) is 0 Å². The summed E-state index contributed by atoms with van der Waals surface area (Å²) in [5, 5.41) is 0. The van der Waals surface area contributed by atoms with Gasteiger partial charge < -0.3 is 4.74 Å². The molecule has 0 aromatic heterocycles. The van der Waals surface area contributed by atoms with Gasteiger partial charge in [-0.2, -0.15) is 0 Å². The number of imide groups is 2. The molecule has 7 heteroatoms. The lowest BCUT2D eigenvalue weighted by Crippen LogP contribution is -2.68. The van der Waals surface area contributed by atoms with Gasteiger partial charge in [-0.05, 0) is 47.6 Å². The highest BCUT2D eigenvalue weighted by atomic mass is 19.1. The highest BCUT2D eigenvalue weighted by Gasteiger charge is 2.66. The summed E-state index contributed by atoms with van der Waals surface area (Å²) >= 11 is 0. The molecule has 0 saturated carbocycles. The van der Waals surface area contributed by atoms with E-state index in [1.165, 1.54) is 20.2 Å². The second-order valence-corrected chi connectivity index (χ2v) is 10.0. The number of ether oxygens (including phenoxy) is 1. The van der Waals surface area contributed by atoms with Gasteiger partial charge in [0.2, 0.25) is 11.8 Å². The Morgan fingerprint density at radius 2 is 1.61 bits per heavy atom. The quantitative estimate of drug-likeness (QED) is 0.619. The van der Waals surface area contributed by atoms with Crippen LogP contribution in [0.15, 0.2) is 48.5 Å². The zero-order chi connectivity index (χ0) is 23.7. The van der Waals surface area contributed by atoms with Gasteiger partial charge in [0.15, 0.2) is 5.41 Å². The minimum Gasteiger partial charge on any atom is -0.367 e. The Bertz CT molecular complexity index is 1140. The first kappa shape index (κ1) is 21.8. The smallest absolute Gasteiger partial charge is 0.332 e. The van der Waals surface area contributed by atoms with Gasteiger partial charge in [0.05, 0.1) is 6.10 Å². The van der Waals surface area contributed by atoms with E-state index in [1.54, 1.807) is 12.1 Å². The Morgan fingerprint density at radius 3 is 2.24 bits per heavy atom. The number of benzene rings is 2. The lowest BCUT2D eigenvalue weighted by molar-refractivity contribution is -0.206. The topological polar surface area (TPSA) is 66.9 Å². The predicted molar refractivity (Wildman–Crippen MR) is 119 cm³/mol. The van der Waals surface area contributed by atoms with Gasteiger partial charge in [0.25, 0.3) is 0 Å². The number of barbiturate groups is 1. The van der Waals surface area contributed by atoms with E-state index in [2.05, 4.69) is 0 Å². The first-order valence-corrected chi connectivity index (χ1v) is 11.2. The van der Waals surface area contributed by atoms with Crippen molar-refractivity contribution < 1.29 is 23.5 Å². The van der Waals surface area contributed by atoms with Crippen molar-refractivity contribution in [1.29, 1.82) is 0 Å². The average molecular weight is 451 g/mol. The SMILES string of the molecule is CN1C(=O)N(C)C(=O)C2(C[C@@H]3Cc4ccc(F)cc4C(C)(C)[C@H]3O[C@H]2c2ccccc2)C1=O. The minimum absolute atomic E-state index is 0.152. The zero-order valence-electron chi connectivity index (χ0n) is 19.2. The molecule has 3 atom stereocenters. The number of urea groups is 1. The first-order chi connectivity index (χ1) is 15.6. The number of hydrogen-bond donors (Lipinski definition) is 0. The molecule has 3 aliphatic rings. The monoisotopic (exact) mass is 450 g/mol. The number of rotatable bonds is 1. The molecule has 1 spiro atoms. The maximum absolute atomic E-state index is 14.1. The van der Waals surface area contributed by atoms with Gasteiger partial charge in [-0.25, -0.2) is 9.18 Å². The molecule has 172 valence electrons. The summed E-state index contributed by atoms with van der Waals surface area (Å²) in [7, 11) is 2.82. The van der Waals surface area contributed by atoms with Crippen LogP contribution < -0.4 is 0 Å². The van der Waals surface area contributed by atoms with E-state index in [0.29, 0.717) is 12.0 Å². The van der Waals surface area contributed by atoms with Gasteiger partial charge >= 0.3 is 6.03 Å². The van der Waals surface area contributed by atoms with E-state index in [-0.39, 0.29) is 24.3 Å². The van der Waals surface area contributed by atoms with Crippen molar-refractivity contribution in [1.82, 2.24) is 9.80 Å². The van der Waals surface area contributed by atoms with Crippen LogP contribution >= 0.6 is 0 Å². The molecule has 2 heterocycles. The Labute approximate surface area is 192 Å². The van der Waals surface area contributed by atoms with Crippen molar-refractivity contribution >= 4 is 17.8 Å². The Morgan fingerprint density at radius 1 is 0.970 bits per heavy atom. The fraction of sp³-hybridized carbons (Fsp3) is 0.423. The zero-order valence-corrected chi connectivity index (χ0v) is 19.2. The normalized spacial score (nSPS) is 28.0. The second-order valence-electron chi connectivity index (χ2n) is 10.0. The minimum atomic E-state index is -1.55. The fourth-order valence-electron chi connectivity index (χ4n) is 6.18. The van der Waals surface area contributed by atoms with Crippen molar-refractivity contribution in [2.45, 2.75) is 44.3 Å². The molecule has 5 rings (SSSR count). The number of hydrogen-bond acceptors (Lipinski definition) is 4. The maximum Gasteiger partial charge on any atom is 0.332 e. The lowest BCUT2D eigenvalue weighted by atomic mass is 9.58. The number of nitrogens with zero attached hydrogens (tertiary/aromatic N) is 2. The van der Waals surface area contributed by atoms with E-state index in [4.69, 9.17) is 4.74 Å². The molecule has 2 saturated heterocycles. The van der Waals surface area contributed by atoms with Crippen LogP contribution in [-0.2, 0) is 26.2 Å². The molecule has 6 nitrogen and oxygen atoms in total. The van der Waals surface area contributed by atoms with E-state index in [9.17, 15) is 18.8 Å². The number of halogens is 1. The van der Waals surface area contributed by atoms with Gasteiger partial charge in [-0.3, -0.25) is 19.4 Å². The third kappa shape index (κ3) is 2.91. The molecule has 1 aliphatic carbocycles. The van der Waals surface area contributed by atoms with Crippen LogP contribution in [0.5, 0.6) is 0 Å². The van der Waals surface area contributed by atoms with E-state index in [0.717, 1.165) is 20.9 Å². The molecule has 2 fully saturated rings. The molecule has 0 radical (unpaired) electrons. The van der Waals surface area contributed by atoms with Crippen LogP contribution in [0.3, 0.4) is 0 Å². The van der Waals surface area contributed by atoms with Gasteiger partial charge in [-0.15, -0.1) is 0 Å². The van der Waals surface area contributed by atoms with Crippen LogP contribution in [0, 0.1) is 17.2 Å². The third-order valence-electron chi connectivity index (χ3n) is 7.75. The highest BCUT2D eigenvalue weighted by molar-refractivity contribution is 6.19. The van der Waals surface area contributed by atoms with E-state index < -0.39 is 34.8 Å². The molecule has 0 bridgehead atoms. The summed E-state index contributed by atoms with van der Waals surface area (Å²) in [5.74, 6) is -1.52. The summed E-state index contributed by atoms with van der Waals surface area (Å²) in [4.78, 5) is 42.0. The second kappa shape index (κ2) is 7.22. The van der Waals surface area contributed by atoms with Gasteiger partial charge in [0, 0.05) is 19.5 Å². The standard InChI is InChI=1S/C26H27FN2O4/c1-25(2)19-13-18(27)11-10-16(19)12-17-14-26(22(30)28(3)24(32)29(4)23(26)31)21(33-20(17)25)15-8-6-5-7-9-15/h5-11,13,17,20-21H,12,14H2,1-4H3/t17-,20-,21-/m0/s1. The van der Waals surface area contributed by atoms with Crippen LogP contribution in [0.2, 0.25) is 0 Å². The third-order valence-corrected chi connectivity index (χ3v) is 7.75. The number of carbonyl (C=O) groups is 3. The van der Waals surface area contributed by atoms with Crippen molar-refractivity contribution in [3.05, 3.63) is 71.0 Å². The summed E-state index contributed by atoms with van der Waals surface area (Å²) in [6, 6.07) is 13.4. The molecular weight excluding hydrogens is 423 g/mol. The maximum atomic E-state index is 14.1. The average Bonchev–Trinajstić information content (AvgIpc) is 2.81. The summed E-state index contributed by atoms with van der Waals surface area (Å²) < 4.78 is 20.9. The summed E-state index contributed by atoms with van der Waals surface area (Å²) in [6.07, 6.45) is -0.393. The highest BCUT2D eigenvalue weighted by Crippen LogP contribution is 2.57. The molecule has 2 aliphatic heterocycles. The Balaban J connectivity index is 1.69. The molecule has 4 amide bonds. The Kier molecular flexibility index (Phi) is 4.76. The summed E-state index contributed by atoms with van der Waals surface area (Å²) in [6.45, 7) is 4.04. The molecule has 0 unspecified atom stereocenters. The molecule has 2 aromatic rings. The largest absolute Gasteiger partial charge is 0.367 e. The molecule has 2 aromatic carbocycles. The van der Waals surface area contributed by atoms with Gasteiger partial charge in [-0.1, -0.05) is 50.2 Å². The van der Waals surface area contributed by atoms with E-state index >= 15 is 0 Å². The molecule has 0 N–H and O–H groups in total. The van der Waals surface area contributed by atoms with Crippen molar-refractivity contribution in [2.24, 2.45) is 11.3 Å². The van der Waals surface area contributed by atoms with Gasteiger partial charge in [0.1, 0.15) is 11.9 Å². The Hall–Kier alpha value is -3.06. The van der Waals surface area contributed by atoms with E-state index in [1.807, 2.05) is 44.2 Å². The number of fused-ring (bicyclic) bond motifs is 2. The lowest BCUT2D eigenvalue weighted by Gasteiger charge is -2.56. The van der Waals surface area contributed by atoms with Crippen LogP contribution in [0.4, 0.5) is 9.18 Å². The van der Waals surface area contributed by atoms with Crippen LogP contribution in [0.25, 0.3) is 0 Å². The fourth-order valence-corrected chi connectivity index (χ4v) is 6.18. The van der Waals surface area contributed by atoms with Crippen LogP contribution in [0.1, 0.15) is 43.1 Å². The first-order valence-electron chi connectivity index (χ1n) is 11.2. The van der Waals surface area contributed by atoms with Crippen molar-refractivity contribution in [3.63, 3.8) is 0 Å².